The molecule has 0 radical (unpaired) electrons. The maximum absolute atomic E-state index is 4.68. The minimum atomic E-state index is 0.274. The standard InChI is InChI=1S/C17H25N5S/c1-13-6-5-7-15-20-14(11-22(13)15)10-19-16(18-4)21-8-9-23-17(2,3)12-21/h5-7,11H,8-10,12H2,1-4H3,(H,18,19). The molecule has 0 aliphatic carbocycles. The fourth-order valence-corrected chi connectivity index (χ4v) is 4.09. The topological polar surface area (TPSA) is 44.9 Å². The van der Waals surface area contributed by atoms with E-state index in [0.717, 1.165) is 36.1 Å². The molecule has 0 spiro atoms. The Balaban J connectivity index is 1.69. The van der Waals surface area contributed by atoms with E-state index in [1.165, 1.54) is 5.69 Å². The van der Waals surface area contributed by atoms with Crippen LogP contribution in [0.1, 0.15) is 25.2 Å². The first-order chi connectivity index (χ1) is 11.0. The molecule has 1 N–H and O–H groups in total. The van der Waals surface area contributed by atoms with Crippen molar-refractivity contribution in [2.24, 2.45) is 4.99 Å². The molecule has 0 aromatic carbocycles. The van der Waals surface area contributed by atoms with Gasteiger partial charge in [0.25, 0.3) is 0 Å². The van der Waals surface area contributed by atoms with Crippen LogP contribution in [0.2, 0.25) is 0 Å². The van der Waals surface area contributed by atoms with Crippen molar-refractivity contribution >= 4 is 23.4 Å². The largest absolute Gasteiger partial charge is 0.351 e. The lowest BCUT2D eigenvalue weighted by molar-refractivity contribution is 0.375. The lowest BCUT2D eigenvalue weighted by atomic mass is 10.2. The van der Waals surface area contributed by atoms with Gasteiger partial charge in [0, 0.05) is 42.5 Å². The van der Waals surface area contributed by atoms with Crippen LogP contribution in [0.25, 0.3) is 5.65 Å². The van der Waals surface area contributed by atoms with Gasteiger partial charge in [-0.05, 0) is 32.9 Å². The van der Waals surface area contributed by atoms with Crippen molar-refractivity contribution in [3.8, 4) is 0 Å². The van der Waals surface area contributed by atoms with Crippen LogP contribution >= 0.6 is 11.8 Å². The fraction of sp³-hybridized carbons (Fsp3) is 0.529. The molecule has 0 saturated carbocycles. The summed E-state index contributed by atoms with van der Waals surface area (Å²) in [6, 6.07) is 6.18. The summed E-state index contributed by atoms with van der Waals surface area (Å²) in [6.45, 7) is 9.43. The van der Waals surface area contributed by atoms with Crippen LogP contribution in [0.15, 0.2) is 29.4 Å². The molecule has 0 amide bonds. The van der Waals surface area contributed by atoms with Gasteiger partial charge in [-0.1, -0.05) is 6.07 Å². The molecule has 2 aromatic rings. The molecule has 1 aliphatic rings. The van der Waals surface area contributed by atoms with E-state index in [0.29, 0.717) is 6.54 Å². The summed E-state index contributed by atoms with van der Waals surface area (Å²) >= 11 is 2.03. The molecule has 3 heterocycles. The molecule has 5 nitrogen and oxygen atoms in total. The van der Waals surface area contributed by atoms with Crippen molar-refractivity contribution in [3.05, 3.63) is 35.8 Å². The van der Waals surface area contributed by atoms with E-state index in [-0.39, 0.29) is 4.75 Å². The highest BCUT2D eigenvalue weighted by Crippen LogP contribution is 2.29. The Morgan fingerprint density at radius 3 is 2.96 bits per heavy atom. The Morgan fingerprint density at radius 1 is 1.43 bits per heavy atom. The second kappa shape index (κ2) is 6.43. The number of hydrogen-bond acceptors (Lipinski definition) is 3. The zero-order valence-corrected chi connectivity index (χ0v) is 15.2. The smallest absolute Gasteiger partial charge is 0.194 e. The van der Waals surface area contributed by atoms with E-state index in [1.807, 2.05) is 30.9 Å². The molecule has 1 aliphatic heterocycles. The molecule has 1 fully saturated rings. The lowest BCUT2D eigenvalue weighted by Crippen LogP contribution is -2.50. The molecule has 1 saturated heterocycles. The zero-order valence-electron chi connectivity index (χ0n) is 14.3. The van der Waals surface area contributed by atoms with Crippen molar-refractivity contribution < 1.29 is 0 Å². The Bertz CT molecular complexity index is 719. The van der Waals surface area contributed by atoms with Crippen molar-refractivity contribution in [1.29, 1.82) is 0 Å². The normalized spacial score (nSPS) is 18.4. The van der Waals surface area contributed by atoms with E-state index in [1.54, 1.807) is 0 Å². The molecule has 0 atom stereocenters. The third-order valence-corrected chi connectivity index (χ3v) is 5.41. The fourth-order valence-electron chi connectivity index (χ4n) is 2.98. The van der Waals surface area contributed by atoms with Gasteiger partial charge in [0.05, 0.1) is 12.2 Å². The Labute approximate surface area is 142 Å². The second-order valence-corrected chi connectivity index (χ2v) is 8.36. The predicted molar refractivity (Wildman–Crippen MR) is 98.2 cm³/mol. The van der Waals surface area contributed by atoms with Crippen LogP contribution in [0.3, 0.4) is 0 Å². The molecular weight excluding hydrogens is 306 g/mol. The Morgan fingerprint density at radius 2 is 2.26 bits per heavy atom. The van der Waals surface area contributed by atoms with E-state index < -0.39 is 0 Å². The number of guanidine groups is 1. The lowest BCUT2D eigenvalue weighted by Gasteiger charge is -2.39. The van der Waals surface area contributed by atoms with Gasteiger partial charge in [-0.25, -0.2) is 4.98 Å². The summed E-state index contributed by atoms with van der Waals surface area (Å²) < 4.78 is 2.40. The van der Waals surface area contributed by atoms with E-state index in [9.17, 15) is 0 Å². The van der Waals surface area contributed by atoms with Gasteiger partial charge in [-0.3, -0.25) is 4.99 Å². The Hall–Kier alpha value is -1.69. The highest BCUT2D eigenvalue weighted by molar-refractivity contribution is 8.00. The van der Waals surface area contributed by atoms with Crippen LogP contribution in [-0.2, 0) is 6.54 Å². The summed E-state index contributed by atoms with van der Waals surface area (Å²) in [5.41, 5.74) is 3.22. The number of aryl methyl sites for hydroxylation is 1. The number of rotatable bonds is 2. The minimum absolute atomic E-state index is 0.274. The van der Waals surface area contributed by atoms with Gasteiger partial charge in [-0.15, -0.1) is 0 Å². The second-order valence-electron chi connectivity index (χ2n) is 6.56. The van der Waals surface area contributed by atoms with Gasteiger partial charge in [-0.2, -0.15) is 11.8 Å². The summed E-state index contributed by atoms with van der Waals surface area (Å²) in [5.74, 6) is 2.11. The van der Waals surface area contributed by atoms with Crippen molar-refractivity contribution in [2.75, 3.05) is 25.9 Å². The number of nitrogens with zero attached hydrogens (tertiary/aromatic N) is 4. The number of nitrogens with one attached hydrogen (secondary N) is 1. The number of pyridine rings is 1. The maximum atomic E-state index is 4.68. The van der Waals surface area contributed by atoms with E-state index in [2.05, 4.69) is 57.6 Å². The van der Waals surface area contributed by atoms with E-state index >= 15 is 0 Å². The third kappa shape index (κ3) is 3.63. The zero-order chi connectivity index (χ0) is 16.4. The summed E-state index contributed by atoms with van der Waals surface area (Å²) in [5, 5.41) is 3.46. The average Bonchev–Trinajstić information content (AvgIpc) is 2.91. The van der Waals surface area contributed by atoms with Crippen LogP contribution < -0.4 is 5.32 Å². The monoisotopic (exact) mass is 331 g/mol. The SMILES string of the molecule is CN=C(NCc1cn2c(C)cccc2n1)N1CCSC(C)(C)C1. The number of hydrogen-bond donors (Lipinski definition) is 1. The van der Waals surface area contributed by atoms with E-state index in [4.69, 9.17) is 0 Å². The first-order valence-electron chi connectivity index (χ1n) is 8.02. The highest BCUT2D eigenvalue weighted by Gasteiger charge is 2.28. The number of aliphatic imine (C=N–C) groups is 1. The molecule has 0 unspecified atom stereocenters. The van der Waals surface area contributed by atoms with Gasteiger partial charge < -0.3 is 14.6 Å². The van der Waals surface area contributed by atoms with Crippen molar-refractivity contribution in [1.82, 2.24) is 19.6 Å². The van der Waals surface area contributed by atoms with Crippen LogP contribution in [-0.4, -0.2) is 50.9 Å². The maximum Gasteiger partial charge on any atom is 0.194 e. The Kier molecular flexibility index (Phi) is 4.53. The highest BCUT2D eigenvalue weighted by atomic mass is 32.2. The number of imidazole rings is 1. The van der Waals surface area contributed by atoms with Crippen molar-refractivity contribution in [2.45, 2.75) is 32.1 Å². The van der Waals surface area contributed by atoms with Gasteiger partial charge in [0.2, 0.25) is 0 Å². The molecule has 23 heavy (non-hydrogen) atoms. The van der Waals surface area contributed by atoms with Gasteiger partial charge >= 0.3 is 0 Å². The minimum Gasteiger partial charge on any atom is -0.351 e. The third-order valence-electron chi connectivity index (χ3n) is 4.11. The summed E-state index contributed by atoms with van der Waals surface area (Å²) in [4.78, 5) is 11.5. The van der Waals surface area contributed by atoms with Gasteiger partial charge in [0.15, 0.2) is 5.96 Å². The molecule has 2 aromatic heterocycles. The number of aromatic nitrogens is 2. The van der Waals surface area contributed by atoms with Crippen LogP contribution in [0.5, 0.6) is 0 Å². The molecule has 6 heteroatoms. The van der Waals surface area contributed by atoms with Crippen molar-refractivity contribution in [3.63, 3.8) is 0 Å². The van der Waals surface area contributed by atoms with Crippen LogP contribution in [0.4, 0.5) is 0 Å². The average molecular weight is 331 g/mol. The molecule has 0 bridgehead atoms. The summed E-state index contributed by atoms with van der Waals surface area (Å²) in [7, 11) is 1.85. The predicted octanol–water partition coefficient (Wildman–Crippen LogP) is 2.55. The first-order valence-corrected chi connectivity index (χ1v) is 9.00. The van der Waals surface area contributed by atoms with Crippen LogP contribution in [0, 0.1) is 6.92 Å². The number of thioether (sulfide) groups is 1. The quantitative estimate of drug-likeness (QED) is 0.678. The number of fused-ring (bicyclic) bond motifs is 1. The van der Waals surface area contributed by atoms with Gasteiger partial charge in [0.1, 0.15) is 5.65 Å². The molecular formula is C17H25N5S. The summed E-state index contributed by atoms with van der Waals surface area (Å²) in [6.07, 6.45) is 2.10. The molecule has 3 rings (SSSR count). The molecule has 124 valence electrons. The first kappa shape index (κ1) is 16.2.